The van der Waals surface area contributed by atoms with E-state index in [-0.39, 0.29) is 11.4 Å². The summed E-state index contributed by atoms with van der Waals surface area (Å²) >= 11 is 0. The summed E-state index contributed by atoms with van der Waals surface area (Å²) < 4.78 is 5.19. The first-order valence-electron chi connectivity index (χ1n) is 7.66. The number of nitro groups is 1. The Morgan fingerprint density at radius 1 is 1.35 bits per heavy atom. The Bertz CT molecular complexity index is 558. The second-order valence-electron chi connectivity index (χ2n) is 5.91. The molecule has 1 aromatic rings. The lowest BCUT2D eigenvalue weighted by molar-refractivity contribution is -0.384. The lowest BCUT2D eigenvalue weighted by Gasteiger charge is -2.33. The van der Waals surface area contributed by atoms with Gasteiger partial charge in [-0.1, -0.05) is 0 Å². The first kappa shape index (κ1) is 17.3. The molecule has 2 rings (SSSR count). The maximum atomic E-state index is 11.3. The van der Waals surface area contributed by atoms with E-state index in [0.29, 0.717) is 18.0 Å². The van der Waals surface area contributed by atoms with Crippen LogP contribution in [0.5, 0.6) is 5.75 Å². The van der Waals surface area contributed by atoms with Crippen molar-refractivity contribution < 1.29 is 9.66 Å². The van der Waals surface area contributed by atoms with E-state index < -0.39 is 4.92 Å². The second-order valence-corrected chi connectivity index (χ2v) is 5.91. The Morgan fingerprint density at radius 3 is 2.57 bits per heavy atom. The van der Waals surface area contributed by atoms with Gasteiger partial charge in [-0.25, -0.2) is 0 Å². The minimum absolute atomic E-state index is 0.00387. The molecule has 0 atom stereocenters. The highest BCUT2D eigenvalue weighted by atomic mass is 16.6. The van der Waals surface area contributed by atoms with Gasteiger partial charge < -0.3 is 20.3 Å². The first-order valence-corrected chi connectivity index (χ1v) is 7.66. The van der Waals surface area contributed by atoms with Crippen LogP contribution in [0, 0.1) is 10.1 Å². The molecular weight excluding hydrogens is 298 g/mol. The van der Waals surface area contributed by atoms with Gasteiger partial charge in [0, 0.05) is 58.4 Å². The molecule has 0 aliphatic carbocycles. The fraction of sp³-hybridized carbons (Fsp3) is 0.600. The molecule has 0 unspecified atom stereocenters. The molecule has 1 aliphatic rings. The summed E-state index contributed by atoms with van der Waals surface area (Å²) in [4.78, 5) is 17.4. The molecule has 23 heavy (non-hydrogen) atoms. The number of hydrogen-bond donors (Lipinski definition) is 1. The maximum absolute atomic E-state index is 11.3. The molecule has 1 aliphatic heterocycles. The van der Waals surface area contributed by atoms with Gasteiger partial charge in [0.15, 0.2) is 0 Å². The number of benzene rings is 1. The van der Waals surface area contributed by atoms with Crippen LogP contribution < -0.4 is 15.4 Å². The van der Waals surface area contributed by atoms with Crippen LogP contribution in [0.3, 0.4) is 0 Å². The predicted molar refractivity (Wildman–Crippen MR) is 91.3 cm³/mol. The van der Waals surface area contributed by atoms with Gasteiger partial charge in [0.2, 0.25) is 0 Å². The summed E-state index contributed by atoms with van der Waals surface area (Å²) in [7, 11) is 5.48. The molecule has 128 valence electrons. The summed E-state index contributed by atoms with van der Waals surface area (Å²) in [6.45, 7) is 5.74. The first-order chi connectivity index (χ1) is 10.9. The lowest BCUT2D eigenvalue weighted by Crippen LogP contribution is -2.46. The Balaban J connectivity index is 2.08. The van der Waals surface area contributed by atoms with Gasteiger partial charge in [-0.2, -0.15) is 0 Å². The highest BCUT2D eigenvalue weighted by Crippen LogP contribution is 2.36. The average Bonchev–Trinajstić information content (AvgIpc) is 2.53. The van der Waals surface area contributed by atoms with E-state index in [1.165, 1.54) is 13.2 Å². The van der Waals surface area contributed by atoms with E-state index in [4.69, 9.17) is 10.5 Å². The molecule has 8 heteroatoms. The van der Waals surface area contributed by atoms with Crippen LogP contribution >= 0.6 is 0 Å². The zero-order valence-electron chi connectivity index (χ0n) is 14.0. The second kappa shape index (κ2) is 7.47. The molecule has 0 bridgehead atoms. The number of rotatable bonds is 6. The standard InChI is InChI=1S/C15H25N5O3/c1-17-4-7-19(8-5-17)9-6-18(2)13-11-15(23-3)12(16)10-14(13)20(21)22/h10-11H,4-9,16H2,1-3H3. The van der Waals surface area contributed by atoms with Crippen LogP contribution in [-0.2, 0) is 0 Å². The zero-order chi connectivity index (χ0) is 17.0. The van der Waals surface area contributed by atoms with Gasteiger partial charge in [0.05, 0.1) is 17.7 Å². The molecule has 0 saturated carbocycles. The molecular formula is C15H25N5O3. The number of methoxy groups -OCH3 is 1. The number of likely N-dealkylation sites (N-methyl/N-ethyl adjacent to an activating group) is 2. The van der Waals surface area contributed by atoms with Crippen molar-refractivity contribution in [3.05, 3.63) is 22.2 Å². The van der Waals surface area contributed by atoms with Crippen LogP contribution in [0.15, 0.2) is 12.1 Å². The Kier molecular flexibility index (Phi) is 5.62. The third kappa shape index (κ3) is 4.23. The van der Waals surface area contributed by atoms with Crippen molar-refractivity contribution in [3.8, 4) is 5.75 Å². The summed E-state index contributed by atoms with van der Waals surface area (Å²) in [5.74, 6) is 0.456. The van der Waals surface area contributed by atoms with E-state index in [0.717, 1.165) is 32.7 Å². The minimum atomic E-state index is -0.405. The van der Waals surface area contributed by atoms with Crippen molar-refractivity contribution in [2.75, 3.05) is 71.1 Å². The number of hydrogen-bond acceptors (Lipinski definition) is 7. The average molecular weight is 323 g/mol. The molecule has 0 radical (unpaired) electrons. The normalized spacial score (nSPS) is 16.3. The molecule has 1 fully saturated rings. The Hall–Kier alpha value is -2.06. The molecule has 0 aromatic heterocycles. The van der Waals surface area contributed by atoms with Gasteiger partial charge in [-0.3, -0.25) is 15.0 Å². The number of nitrogen functional groups attached to an aromatic ring is 1. The van der Waals surface area contributed by atoms with Crippen molar-refractivity contribution >= 4 is 17.1 Å². The van der Waals surface area contributed by atoms with Crippen molar-refractivity contribution in [2.45, 2.75) is 0 Å². The maximum Gasteiger partial charge on any atom is 0.294 e. The molecule has 2 N–H and O–H groups in total. The summed E-state index contributed by atoms with van der Waals surface area (Å²) in [5, 5.41) is 11.3. The van der Waals surface area contributed by atoms with Crippen LogP contribution in [0.25, 0.3) is 0 Å². The molecule has 1 saturated heterocycles. The third-order valence-corrected chi connectivity index (χ3v) is 4.28. The van der Waals surface area contributed by atoms with Gasteiger partial charge >= 0.3 is 0 Å². The van der Waals surface area contributed by atoms with E-state index in [1.807, 2.05) is 11.9 Å². The predicted octanol–water partition coefficient (Wildman–Crippen LogP) is 0.869. The smallest absolute Gasteiger partial charge is 0.294 e. The summed E-state index contributed by atoms with van der Waals surface area (Å²) in [6, 6.07) is 3.00. The fourth-order valence-corrected chi connectivity index (χ4v) is 2.69. The SMILES string of the molecule is COc1cc(N(C)CCN2CCN(C)CC2)c([N+](=O)[O-])cc1N. The van der Waals surface area contributed by atoms with Gasteiger partial charge in [-0.15, -0.1) is 0 Å². The summed E-state index contributed by atoms with van der Waals surface area (Å²) in [6.07, 6.45) is 0. The quantitative estimate of drug-likeness (QED) is 0.472. The van der Waals surface area contributed by atoms with Crippen molar-refractivity contribution in [1.29, 1.82) is 0 Å². The van der Waals surface area contributed by atoms with Crippen molar-refractivity contribution in [3.63, 3.8) is 0 Å². The highest BCUT2D eigenvalue weighted by Gasteiger charge is 2.21. The van der Waals surface area contributed by atoms with Crippen LogP contribution in [0.1, 0.15) is 0 Å². The van der Waals surface area contributed by atoms with E-state index >= 15 is 0 Å². The van der Waals surface area contributed by atoms with Crippen LogP contribution in [0.2, 0.25) is 0 Å². The van der Waals surface area contributed by atoms with Gasteiger partial charge in [-0.05, 0) is 7.05 Å². The third-order valence-electron chi connectivity index (χ3n) is 4.28. The molecule has 0 amide bonds. The zero-order valence-corrected chi connectivity index (χ0v) is 14.0. The number of nitrogens with zero attached hydrogens (tertiary/aromatic N) is 4. The van der Waals surface area contributed by atoms with Crippen molar-refractivity contribution in [1.82, 2.24) is 9.80 Å². The fourth-order valence-electron chi connectivity index (χ4n) is 2.69. The van der Waals surface area contributed by atoms with Crippen LogP contribution in [0.4, 0.5) is 17.1 Å². The minimum Gasteiger partial charge on any atom is -0.495 e. The number of anilines is 2. The topological polar surface area (TPSA) is 88.1 Å². The van der Waals surface area contributed by atoms with Crippen LogP contribution in [-0.4, -0.2) is 75.2 Å². The monoisotopic (exact) mass is 323 g/mol. The lowest BCUT2D eigenvalue weighted by atomic mass is 10.2. The molecule has 8 nitrogen and oxygen atoms in total. The Labute approximate surface area is 136 Å². The highest BCUT2D eigenvalue weighted by molar-refractivity contribution is 5.73. The van der Waals surface area contributed by atoms with Gasteiger partial charge in [0.1, 0.15) is 11.4 Å². The number of nitrogens with two attached hydrogens (primary N) is 1. The number of ether oxygens (including phenoxy) is 1. The van der Waals surface area contributed by atoms with E-state index in [1.54, 1.807) is 6.07 Å². The summed E-state index contributed by atoms with van der Waals surface area (Å²) in [5.41, 5.74) is 6.58. The van der Waals surface area contributed by atoms with E-state index in [2.05, 4.69) is 16.8 Å². The molecule has 1 aromatic carbocycles. The van der Waals surface area contributed by atoms with Gasteiger partial charge in [0.25, 0.3) is 5.69 Å². The molecule has 1 heterocycles. The number of piperazine rings is 1. The number of nitro benzene ring substituents is 1. The largest absolute Gasteiger partial charge is 0.495 e. The Morgan fingerprint density at radius 2 is 2.00 bits per heavy atom. The van der Waals surface area contributed by atoms with E-state index in [9.17, 15) is 10.1 Å². The van der Waals surface area contributed by atoms with Crippen molar-refractivity contribution in [2.24, 2.45) is 0 Å². The molecule has 0 spiro atoms.